The maximum atomic E-state index is 11.8. The maximum Gasteiger partial charge on any atom is 0.331 e. The molecular formula is C21H40O4Si. The van der Waals surface area contributed by atoms with Crippen LogP contribution in [-0.4, -0.2) is 33.6 Å². The Morgan fingerprint density at radius 1 is 0.692 bits per heavy atom. The average molecular weight is 385 g/mol. The van der Waals surface area contributed by atoms with Gasteiger partial charge in [0.15, 0.2) is 0 Å². The third-order valence-corrected chi connectivity index (χ3v) is 7.58. The molecule has 0 N–H and O–H groups in total. The van der Waals surface area contributed by atoms with E-state index in [4.69, 9.17) is 9.47 Å². The minimum Gasteiger partial charge on any atom is -0.467 e. The van der Waals surface area contributed by atoms with Crippen molar-refractivity contribution in [2.45, 2.75) is 97.1 Å². The van der Waals surface area contributed by atoms with Gasteiger partial charge < -0.3 is 9.47 Å². The fraction of sp³-hybridized carbons (Fsp3) is 0.810. The van der Waals surface area contributed by atoms with Crippen molar-refractivity contribution < 1.29 is 19.1 Å². The van der Waals surface area contributed by atoms with Gasteiger partial charge >= 0.3 is 11.9 Å². The molecule has 5 heteroatoms. The summed E-state index contributed by atoms with van der Waals surface area (Å²) in [5, 5.41) is 0. The summed E-state index contributed by atoms with van der Waals surface area (Å²) in [7, 11) is -1.00. The van der Waals surface area contributed by atoms with E-state index in [9.17, 15) is 9.59 Å². The molecule has 0 aliphatic rings. The van der Waals surface area contributed by atoms with E-state index < -0.39 is 20.7 Å². The van der Waals surface area contributed by atoms with Crippen LogP contribution in [0.5, 0.6) is 0 Å². The molecule has 0 aromatic heterocycles. The first-order valence-electron chi connectivity index (χ1n) is 10.7. The summed E-state index contributed by atoms with van der Waals surface area (Å²) >= 11 is 0. The second-order valence-corrected chi connectivity index (χ2v) is 10.3. The SMILES string of the molecule is CCCCCCCCOC(=O)/C=C/C(=O)OC[SiH](CCCC)CCCC. The molecule has 0 amide bonds. The van der Waals surface area contributed by atoms with Crippen LogP contribution in [0.1, 0.15) is 85.0 Å². The van der Waals surface area contributed by atoms with Crippen molar-refractivity contribution in [1.82, 2.24) is 0 Å². The van der Waals surface area contributed by atoms with E-state index in [1.807, 2.05) is 0 Å². The molecule has 152 valence electrons. The van der Waals surface area contributed by atoms with Crippen LogP contribution in [0.4, 0.5) is 0 Å². The van der Waals surface area contributed by atoms with Gasteiger partial charge in [0, 0.05) is 12.2 Å². The molecule has 0 unspecified atom stereocenters. The van der Waals surface area contributed by atoms with Gasteiger partial charge in [-0.05, 0) is 6.42 Å². The van der Waals surface area contributed by atoms with Crippen LogP contribution in [-0.2, 0) is 19.1 Å². The Morgan fingerprint density at radius 2 is 1.19 bits per heavy atom. The van der Waals surface area contributed by atoms with Gasteiger partial charge in [-0.1, -0.05) is 90.6 Å². The molecule has 0 aliphatic heterocycles. The van der Waals surface area contributed by atoms with Crippen molar-refractivity contribution >= 4 is 20.7 Å². The zero-order chi connectivity index (χ0) is 19.5. The molecule has 0 heterocycles. The molecule has 0 spiro atoms. The molecular weight excluding hydrogens is 344 g/mol. The second-order valence-electron chi connectivity index (χ2n) is 7.05. The summed E-state index contributed by atoms with van der Waals surface area (Å²) in [6.07, 6.45) is 14.7. The van der Waals surface area contributed by atoms with Gasteiger partial charge in [-0.3, -0.25) is 0 Å². The van der Waals surface area contributed by atoms with E-state index in [1.54, 1.807) is 0 Å². The lowest BCUT2D eigenvalue weighted by atomic mass is 10.1. The van der Waals surface area contributed by atoms with E-state index in [2.05, 4.69) is 20.8 Å². The number of carbonyl (C=O) groups excluding carboxylic acids is 2. The van der Waals surface area contributed by atoms with Gasteiger partial charge in [0.1, 0.15) is 0 Å². The first-order chi connectivity index (χ1) is 12.6. The summed E-state index contributed by atoms with van der Waals surface area (Å²) in [4.78, 5) is 23.4. The van der Waals surface area contributed by atoms with Crippen molar-refractivity contribution in [3.63, 3.8) is 0 Å². The first-order valence-corrected chi connectivity index (χ1v) is 13.1. The van der Waals surface area contributed by atoms with Crippen molar-refractivity contribution in [3.05, 3.63) is 12.2 Å². The fourth-order valence-electron chi connectivity index (χ4n) is 2.78. The molecule has 0 fully saturated rings. The normalized spacial score (nSPS) is 11.2. The van der Waals surface area contributed by atoms with Gasteiger partial charge in [-0.2, -0.15) is 0 Å². The van der Waals surface area contributed by atoms with Crippen LogP contribution in [0.25, 0.3) is 0 Å². The molecule has 0 atom stereocenters. The molecule has 0 bridgehead atoms. The van der Waals surface area contributed by atoms with Gasteiger partial charge in [0.2, 0.25) is 0 Å². The zero-order valence-electron chi connectivity index (χ0n) is 17.3. The highest BCUT2D eigenvalue weighted by Gasteiger charge is 2.12. The highest BCUT2D eigenvalue weighted by Crippen LogP contribution is 2.10. The Labute approximate surface area is 162 Å². The van der Waals surface area contributed by atoms with Crippen LogP contribution in [0.3, 0.4) is 0 Å². The number of carbonyl (C=O) groups is 2. The van der Waals surface area contributed by atoms with Crippen LogP contribution in [0.2, 0.25) is 12.1 Å². The summed E-state index contributed by atoms with van der Waals surface area (Å²) < 4.78 is 10.5. The molecule has 0 saturated carbocycles. The lowest BCUT2D eigenvalue weighted by Gasteiger charge is -2.14. The molecule has 26 heavy (non-hydrogen) atoms. The number of hydrogen-bond acceptors (Lipinski definition) is 4. The lowest BCUT2D eigenvalue weighted by Crippen LogP contribution is -2.22. The van der Waals surface area contributed by atoms with Crippen LogP contribution in [0, 0.1) is 0 Å². The summed E-state index contributed by atoms with van der Waals surface area (Å²) in [5.74, 6) is -0.881. The van der Waals surface area contributed by atoms with Gasteiger partial charge in [0.25, 0.3) is 0 Å². The van der Waals surface area contributed by atoms with E-state index in [0.717, 1.165) is 12.8 Å². The Hall–Kier alpha value is -1.10. The van der Waals surface area contributed by atoms with E-state index in [1.165, 1.54) is 75.6 Å². The quantitative estimate of drug-likeness (QED) is 0.147. The van der Waals surface area contributed by atoms with Gasteiger partial charge in [-0.25, -0.2) is 9.59 Å². The molecule has 4 nitrogen and oxygen atoms in total. The first kappa shape index (κ1) is 24.9. The highest BCUT2D eigenvalue weighted by atomic mass is 28.3. The van der Waals surface area contributed by atoms with Crippen molar-refractivity contribution in [2.75, 3.05) is 12.8 Å². The van der Waals surface area contributed by atoms with Crippen molar-refractivity contribution in [3.8, 4) is 0 Å². The fourth-order valence-corrected chi connectivity index (χ4v) is 5.78. The minimum atomic E-state index is -1.00. The Kier molecular flexibility index (Phi) is 17.9. The summed E-state index contributed by atoms with van der Waals surface area (Å²) in [6.45, 7) is 7.00. The third-order valence-electron chi connectivity index (χ3n) is 4.49. The molecule has 0 aromatic carbocycles. The predicted octanol–water partition coefficient (Wildman–Crippen LogP) is 5.36. The third kappa shape index (κ3) is 16.4. The summed E-state index contributed by atoms with van der Waals surface area (Å²) in [6, 6.07) is 2.46. The smallest absolute Gasteiger partial charge is 0.331 e. The van der Waals surface area contributed by atoms with Crippen LogP contribution < -0.4 is 0 Å². The van der Waals surface area contributed by atoms with Crippen LogP contribution in [0.15, 0.2) is 12.2 Å². The van der Waals surface area contributed by atoms with E-state index in [-0.39, 0.29) is 0 Å². The van der Waals surface area contributed by atoms with Crippen molar-refractivity contribution in [2.24, 2.45) is 0 Å². The molecule has 0 aliphatic carbocycles. The van der Waals surface area contributed by atoms with Gasteiger partial charge in [0.05, 0.1) is 21.6 Å². The molecule has 0 aromatic rings. The van der Waals surface area contributed by atoms with E-state index in [0.29, 0.717) is 12.8 Å². The Bertz CT molecular complexity index is 374. The number of hydrogen-bond donors (Lipinski definition) is 0. The van der Waals surface area contributed by atoms with Crippen molar-refractivity contribution in [1.29, 1.82) is 0 Å². The molecule has 0 saturated heterocycles. The predicted molar refractivity (Wildman–Crippen MR) is 111 cm³/mol. The zero-order valence-corrected chi connectivity index (χ0v) is 18.4. The standard InChI is InChI=1S/C21H40O4Si/c1-4-7-10-11-12-13-16-24-20(22)14-15-21(23)25-19-26(17-8-5-2)18-9-6-3/h14-15,26H,4-13,16-19H2,1-3H3/b15-14+. The lowest BCUT2D eigenvalue weighted by molar-refractivity contribution is -0.139. The van der Waals surface area contributed by atoms with Gasteiger partial charge in [-0.15, -0.1) is 0 Å². The maximum absolute atomic E-state index is 11.8. The second kappa shape index (κ2) is 18.7. The largest absolute Gasteiger partial charge is 0.467 e. The van der Waals surface area contributed by atoms with Crippen LogP contribution >= 0.6 is 0 Å². The monoisotopic (exact) mass is 384 g/mol. The minimum absolute atomic E-state index is 0.424. The topological polar surface area (TPSA) is 52.6 Å². The Balaban J connectivity index is 3.88. The van der Waals surface area contributed by atoms with E-state index >= 15 is 0 Å². The number of unbranched alkanes of at least 4 members (excludes halogenated alkanes) is 7. The molecule has 0 rings (SSSR count). The average Bonchev–Trinajstić information content (AvgIpc) is 2.65. The number of esters is 2. The molecule has 0 radical (unpaired) electrons. The highest BCUT2D eigenvalue weighted by molar-refractivity contribution is 6.58. The number of ether oxygens (including phenoxy) is 2. The summed E-state index contributed by atoms with van der Waals surface area (Å²) in [5.41, 5.74) is 0. The Morgan fingerprint density at radius 3 is 1.77 bits per heavy atom. The number of rotatable bonds is 17.